The lowest BCUT2D eigenvalue weighted by molar-refractivity contribution is 0.412. The van der Waals surface area contributed by atoms with Crippen molar-refractivity contribution < 1.29 is 4.74 Å². The zero-order valence-electron chi connectivity index (χ0n) is 9.52. The molecule has 0 radical (unpaired) electrons. The van der Waals surface area contributed by atoms with Crippen LogP contribution in [0.4, 0.5) is 10.8 Å². The Morgan fingerprint density at radius 3 is 2.88 bits per heavy atom. The highest BCUT2D eigenvalue weighted by Gasteiger charge is 2.03. The van der Waals surface area contributed by atoms with Crippen LogP contribution in [0.25, 0.3) is 0 Å². The second-order valence-electron chi connectivity index (χ2n) is 3.45. The molecule has 0 spiro atoms. The zero-order valence-corrected chi connectivity index (χ0v) is 10.3. The number of benzene rings is 1. The molecule has 0 unspecified atom stereocenters. The minimum atomic E-state index is 0.595. The highest BCUT2D eigenvalue weighted by Crippen LogP contribution is 2.26. The SMILES string of the molecule is COc1ccc(Nc2ncc(C#N)s2)cc1C. The third-order valence-corrected chi connectivity index (χ3v) is 3.08. The molecule has 0 bridgehead atoms. The minimum Gasteiger partial charge on any atom is -0.496 e. The van der Waals surface area contributed by atoms with Gasteiger partial charge in [0.2, 0.25) is 0 Å². The summed E-state index contributed by atoms with van der Waals surface area (Å²) in [6.07, 6.45) is 1.56. The lowest BCUT2D eigenvalue weighted by Crippen LogP contribution is -1.92. The average molecular weight is 245 g/mol. The number of ether oxygens (including phenoxy) is 1. The quantitative estimate of drug-likeness (QED) is 0.902. The molecule has 0 aliphatic rings. The molecule has 0 saturated heterocycles. The van der Waals surface area contributed by atoms with Gasteiger partial charge in [-0.3, -0.25) is 0 Å². The summed E-state index contributed by atoms with van der Waals surface area (Å²) in [6.45, 7) is 1.98. The maximum absolute atomic E-state index is 8.71. The Labute approximate surface area is 103 Å². The smallest absolute Gasteiger partial charge is 0.188 e. The second kappa shape index (κ2) is 4.85. The van der Waals surface area contributed by atoms with E-state index >= 15 is 0 Å². The zero-order chi connectivity index (χ0) is 12.3. The molecular formula is C12H11N3OS. The highest BCUT2D eigenvalue weighted by atomic mass is 32.1. The highest BCUT2D eigenvalue weighted by molar-refractivity contribution is 7.16. The molecule has 1 heterocycles. The number of aryl methyl sites for hydroxylation is 1. The van der Waals surface area contributed by atoms with Crippen molar-refractivity contribution in [2.75, 3.05) is 12.4 Å². The van der Waals surface area contributed by atoms with Crippen molar-refractivity contribution >= 4 is 22.2 Å². The minimum absolute atomic E-state index is 0.595. The molecule has 0 amide bonds. The van der Waals surface area contributed by atoms with Gasteiger partial charge in [-0.15, -0.1) is 0 Å². The number of rotatable bonds is 3. The third kappa shape index (κ3) is 2.55. The van der Waals surface area contributed by atoms with Gasteiger partial charge in [-0.25, -0.2) is 4.98 Å². The molecule has 17 heavy (non-hydrogen) atoms. The van der Waals surface area contributed by atoms with Crippen LogP contribution in [-0.2, 0) is 0 Å². The molecule has 1 aromatic heterocycles. The Bertz CT molecular complexity index is 571. The molecule has 0 fully saturated rings. The van der Waals surface area contributed by atoms with E-state index in [-0.39, 0.29) is 0 Å². The summed E-state index contributed by atoms with van der Waals surface area (Å²) in [5.41, 5.74) is 1.98. The summed E-state index contributed by atoms with van der Waals surface area (Å²) in [5.74, 6) is 0.854. The van der Waals surface area contributed by atoms with Crippen LogP contribution in [0.2, 0.25) is 0 Å². The van der Waals surface area contributed by atoms with Crippen molar-refractivity contribution in [3.63, 3.8) is 0 Å². The third-order valence-electron chi connectivity index (χ3n) is 2.26. The Morgan fingerprint density at radius 1 is 1.47 bits per heavy atom. The Kier molecular flexibility index (Phi) is 3.26. The van der Waals surface area contributed by atoms with Crippen LogP contribution >= 0.6 is 11.3 Å². The van der Waals surface area contributed by atoms with Gasteiger partial charge in [0.1, 0.15) is 16.7 Å². The first-order valence-corrected chi connectivity index (χ1v) is 5.82. The van der Waals surface area contributed by atoms with Crippen LogP contribution in [-0.4, -0.2) is 12.1 Å². The fourth-order valence-electron chi connectivity index (χ4n) is 1.46. The summed E-state index contributed by atoms with van der Waals surface area (Å²) in [7, 11) is 1.65. The van der Waals surface area contributed by atoms with E-state index in [0.29, 0.717) is 10.0 Å². The summed E-state index contributed by atoms with van der Waals surface area (Å²) < 4.78 is 5.19. The monoisotopic (exact) mass is 245 g/mol. The summed E-state index contributed by atoms with van der Waals surface area (Å²) >= 11 is 1.33. The standard InChI is InChI=1S/C12H11N3OS/c1-8-5-9(3-4-11(8)16-2)15-12-14-7-10(6-13)17-12/h3-5,7H,1-2H3,(H,14,15). The van der Waals surface area contributed by atoms with E-state index in [1.54, 1.807) is 13.3 Å². The summed E-state index contributed by atoms with van der Waals surface area (Å²) in [6, 6.07) is 7.85. The van der Waals surface area contributed by atoms with E-state index in [1.807, 2.05) is 25.1 Å². The van der Waals surface area contributed by atoms with Gasteiger partial charge in [0, 0.05) is 5.69 Å². The predicted molar refractivity (Wildman–Crippen MR) is 67.8 cm³/mol. The fourth-order valence-corrected chi connectivity index (χ4v) is 2.10. The van der Waals surface area contributed by atoms with Gasteiger partial charge in [0.05, 0.1) is 13.3 Å². The van der Waals surface area contributed by atoms with E-state index in [2.05, 4.69) is 16.4 Å². The van der Waals surface area contributed by atoms with Crippen LogP contribution in [0.1, 0.15) is 10.4 Å². The Hall–Kier alpha value is -2.06. The topological polar surface area (TPSA) is 57.9 Å². The van der Waals surface area contributed by atoms with E-state index in [9.17, 15) is 0 Å². The van der Waals surface area contributed by atoms with Crippen molar-refractivity contribution in [1.82, 2.24) is 4.98 Å². The molecular weight excluding hydrogens is 234 g/mol. The Morgan fingerprint density at radius 2 is 2.29 bits per heavy atom. The molecule has 86 valence electrons. The van der Waals surface area contributed by atoms with Crippen LogP contribution in [0.5, 0.6) is 5.75 Å². The van der Waals surface area contributed by atoms with Crippen molar-refractivity contribution in [2.24, 2.45) is 0 Å². The van der Waals surface area contributed by atoms with Gasteiger partial charge in [-0.2, -0.15) is 5.26 Å². The van der Waals surface area contributed by atoms with Crippen LogP contribution in [0.15, 0.2) is 24.4 Å². The van der Waals surface area contributed by atoms with E-state index < -0.39 is 0 Å². The number of nitrogens with zero attached hydrogens (tertiary/aromatic N) is 2. The number of aromatic nitrogens is 1. The van der Waals surface area contributed by atoms with Crippen molar-refractivity contribution in [2.45, 2.75) is 6.92 Å². The van der Waals surface area contributed by atoms with E-state index in [4.69, 9.17) is 10.00 Å². The number of methoxy groups -OCH3 is 1. The van der Waals surface area contributed by atoms with Gasteiger partial charge in [-0.05, 0) is 30.7 Å². The van der Waals surface area contributed by atoms with E-state index in [1.165, 1.54) is 11.3 Å². The first-order chi connectivity index (χ1) is 8.22. The van der Waals surface area contributed by atoms with Gasteiger partial charge in [0.25, 0.3) is 0 Å². The Balaban J connectivity index is 2.19. The molecule has 2 aromatic rings. The molecule has 0 saturated carbocycles. The number of nitriles is 1. The van der Waals surface area contributed by atoms with Crippen molar-refractivity contribution in [3.8, 4) is 11.8 Å². The lowest BCUT2D eigenvalue weighted by atomic mass is 10.2. The largest absolute Gasteiger partial charge is 0.496 e. The van der Waals surface area contributed by atoms with E-state index in [0.717, 1.165) is 17.0 Å². The fraction of sp³-hybridized carbons (Fsp3) is 0.167. The first-order valence-electron chi connectivity index (χ1n) is 5.00. The second-order valence-corrected chi connectivity index (χ2v) is 4.48. The molecule has 0 aliphatic carbocycles. The molecule has 0 aliphatic heterocycles. The maximum atomic E-state index is 8.71. The van der Waals surface area contributed by atoms with Crippen LogP contribution < -0.4 is 10.1 Å². The molecule has 0 atom stereocenters. The normalized spacial score (nSPS) is 9.71. The summed E-state index contributed by atoms with van der Waals surface area (Å²) in [4.78, 5) is 4.70. The maximum Gasteiger partial charge on any atom is 0.188 e. The molecule has 1 aromatic carbocycles. The first kappa shape index (κ1) is 11.4. The van der Waals surface area contributed by atoms with Crippen LogP contribution in [0, 0.1) is 18.3 Å². The number of nitrogens with one attached hydrogen (secondary N) is 1. The average Bonchev–Trinajstić information content (AvgIpc) is 2.77. The van der Waals surface area contributed by atoms with Crippen molar-refractivity contribution in [3.05, 3.63) is 34.8 Å². The number of anilines is 2. The van der Waals surface area contributed by atoms with Gasteiger partial charge in [-0.1, -0.05) is 11.3 Å². The predicted octanol–water partition coefficient (Wildman–Crippen LogP) is 3.08. The van der Waals surface area contributed by atoms with Gasteiger partial charge in [0.15, 0.2) is 5.13 Å². The summed E-state index contributed by atoms with van der Waals surface area (Å²) in [5, 5.41) is 12.6. The lowest BCUT2D eigenvalue weighted by Gasteiger charge is -2.07. The van der Waals surface area contributed by atoms with Gasteiger partial charge < -0.3 is 10.1 Å². The van der Waals surface area contributed by atoms with Gasteiger partial charge >= 0.3 is 0 Å². The number of hydrogen-bond donors (Lipinski definition) is 1. The molecule has 2 rings (SSSR count). The number of thiazole rings is 1. The molecule has 4 nitrogen and oxygen atoms in total. The molecule has 5 heteroatoms. The van der Waals surface area contributed by atoms with Crippen LogP contribution in [0.3, 0.4) is 0 Å². The molecule has 1 N–H and O–H groups in total. The number of hydrogen-bond acceptors (Lipinski definition) is 5. The van der Waals surface area contributed by atoms with Crippen molar-refractivity contribution in [1.29, 1.82) is 5.26 Å².